The number of pyridine rings is 1. The first kappa shape index (κ1) is 20.5. The highest BCUT2D eigenvalue weighted by Crippen LogP contribution is 2.51. The number of carbonyl (C=O) groups is 1. The lowest BCUT2D eigenvalue weighted by Gasteiger charge is -2.28. The molecule has 0 spiro atoms. The van der Waals surface area contributed by atoms with Crippen molar-refractivity contribution in [3.8, 4) is 11.6 Å². The summed E-state index contributed by atoms with van der Waals surface area (Å²) in [5, 5.41) is 0. The van der Waals surface area contributed by atoms with Crippen LogP contribution in [0.3, 0.4) is 0 Å². The number of hydrogen-bond donors (Lipinski definition) is 0. The minimum atomic E-state index is -6.42. The second-order valence-corrected chi connectivity index (χ2v) is 5.15. The van der Waals surface area contributed by atoms with Gasteiger partial charge in [0, 0.05) is 17.8 Å². The monoisotopic (exact) mass is 397 g/mol. The van der Waals surface area contributed by atoms with Crippen molar-refractivity contribution in [2.75, 3.05) is 7.11 Å². The predicted molar refractivity (Wildman–Crippen MR) is 77.0 cm³/mol. The fourth-order valence-electron chi connectivity index (χ4n) is 1.89. The molecule has 0 atom stereocenters. The zero-order valence-corrected chi connectivity index (χ0v) is 13.4. The number of hydrogen-bond acceptors (Lipinski definition) is 4. The molecule has 0 aliphatic carbocycles. The van der Waals surface area contributed by atoms with Crippen LogP contribution in [0.2, 0.25) is 0 Å². The van der Waals surface area contributed by atoms with Crippen molar-refractivity contribution in [3.05, 3.63) is 53.7 Å². The second-order valence-electron chi connectivity index (χ2n) is 5.15. The van der Waals surface area contributed by atoms with Crippen molar-refractivity contribution in [2.45, 2.75) is 18.0 Å². The quantitative estimate of drug-likeness (QED) is 0.529. The van der Waals surface area contributed by atoms with E-state index in [1.165, 1.54) is 12.1 Å². The summed E-state index contributed by atoms with van der Waals surface area (Å²) in [7, 11) is 1.16. The van der Waals surface area contributed by atoms with Crippen LogP contribution in [0.15, 0.2) is 42.6 Å². The van der Waals surface area contributed by atoms with Crippen LogP contribution in [0, 0.1) is 0 Å². The standard InChI is InChI=1S/C16H10F7NO3/c1-26-13(25)9-2-7-12(24-8-9)27-11-5-3-10(4-6-11)14(17,18)15(19,20)16(21,22)23/h2-8H,1H3. The molecule has 0 aliphatic rings. The van der Waals surface area contributed by atoms with Crippen LogP contribution in [-0.4, -0.2) is 30.2 Å². The van der Waals surface area contributed by atoms with Gasteiger partial charge in [-0.25, -0.2) is 9.78 Å². The van der Waals surface area contributed by atoms with E-state index in [4.69, 9.17) is 4.74 Å². The van der Waals surface area contributed by atoms with Crippen LogP contribution in [-0.2, 0) is 10.7 Å². The number of alkyl halides is 7. The maximum Gasteiger partial charge on any atom is 0.460 e. The number of aromatic nitrogens is 1. The van der Waals surface area contributed by atoms with Gasteiger partial charge in [-0.2, -0.15) is 30.7 Å². The van der Waals surface area contributed by atoms with Crippen molar-refractivity contribution < 1.29 is 45.0 Å². The van der Waals surface area contributed by atoms with Gasteiger partial charge in [-0.05, 0) is 30.3 Å². The zero-order valence-electron chi connectivity index (χ0n) is 13.4. The van der Waals surface area contributed by atoms with E-state index >= 15 is 0 Å². The Morgan fingerprint density at radius 3 is 1.96 bits per heavy atom. The van der Waals surface area contributed by atoms with Gasteiger partial charge in [0.1, 0.15) is 5.75 Å². The molecule has 0 amide bonds. The molecule has 0 bridgehead atoms. The SMILES string of the molecule is COC(=O)c1ccc(Oc2ccc(C(F)(F)C(F)(F)C(F)(F)F)cc2)nc1. The van der Waals surface area contributed by atoms with Gasteiger partial charge in [-0.15, -0.1) is 0 Å². The van der Waals surface area contributed by atoms with Crippen LogP contribution in [0.4, 0.5) is 30.7 Å². The summed E-state index contributed by atoms with van der Waals surface area (Å²) in [6, 6.07) is 4.87. The number of benzene rings is 1. The van der Waals surface area contributed by atoms with Gasteiger partial charge in [-0.1, -0.05) is 0 Å². The average Bonchev–Trinajstić information content (AvgIpc) is 2.61. The molecule has 0 N–H and O–H groups in total. The van der Waals surface area contributed by atoms with Gasteiger partial charge < -0.3 is 9.47 Å². The topological polar surface area (TPSA) is 48.4 Å². The highest BCUT2D eigenvalue weighted by atomic mass is 19.4. The Kier molecular flexibility index (Phi) is 5.34. The lowest BCUT2D eigenvalue weighted by atomic mass is 10.0. The molecule has 0 saturated heterocycles. The minimum Gasteiger partial charge on any atom is -0.465 e. The molecular weight excluding hydrogens is 387 g/mol. The third-order valence-electron chi connectivity index (χ3n) is 3.35. The Bertz CT molecular complexity index is 802. The van der Waals surface area contributed by atoms with E-state index in [1.54, 1.807) is 0 Å². The fraction of sp³-hybridized carbons (Fsp3) is 0.250. The number of esters is 1. The van der Waals surface area contributed by atoms with Gasteiger partial charge in [0.05, 0.1) is 12.7 Å². The van der Waals surface area contributed by atoms with Crippen LogP contribution < -0.4 is 4.74 Å². The molecule has 11 heteroatoms. The average molecular weight is 397 g/mol. The number of rotatable bonds is 5. The minimum absolute atomic E-state index is 0.0808. The second kappa shape index (κ2) is 7.05. The molecule has 0 aliphatic heterocycles. The predicted octanol–water partition coefficient (Wildman–Crippen LogP) is 4.95. The molecular formula is C16H10F7NO3. The summed E-state index contributed by atoms with van der Waals surface area (Å²) in [5.74, 6) is -12.6. The summed E-state index contributed by atoms with van der Waals surface area (Å²) in [4.78, 5) is 15.0. The van der Waals surface area contributed by atoms with Gasteiger partial charge in [-0.3, -0.25) is 0 Å². The summed E-state index contributed by atoms with van der Waals surface area (Å²) in [5.41, 5.74) is -1.43. The maximum absolute atomic E-state index is 13.6. The third kappa shape index (κ3) is 3.96. The number of halogens is 7. The van der Waals surface area contributed by atoms with Crippen LogP contribution in [0.5, 0.6) is 11.6 Å². The van der Waals surface area contributed by atoms with Crippen LogP contribution in [0.25, 0.3) is 0 Å². The first-order valence-corrected chi connectivity index (χ1v) is 7.05. The Labute approximate surface area is 147 Å². The van der Waals surface area contributed by atoms with Crippen LogP contribution >= 0.6 is 0 Å². The van der Waals surface area contributed by atoms with E-state index < -0.39 is 29.6 Å². The molecule has 146 valence electrons. The van der Waals surface area contributed by atoms with Crippen LogP contribution in [0.1, 0.15) is 15.9 Å². The van der Waals surface area contributed by atoms with Gasteiger partial charge in [0.25, 0.3) is 0 Å². The van der Waals surface area contributed by atoms with Crippen molar-refractivity contribution in [2.24, 2.45) is 0 Å². The Hall–Kier alpha value is -2.85. The van der Waals surface area contributed by atoms with Crippen molar-refractivity contribution >= 4 is 5.97 Å². The molecule has 27 heavy (non-hydrogen) atoms. The molecule has 1 aromatic heterocycles. The maximum atomic E-state index is 13.6. The highest BCUT2D eigenvalue weighted by Gasteiger charge is 2.73. The van der Waals surface area contributed by atoms with Gasteiger partial charge in [0.15, 0.2) is 0 Å². The van der Waals surface area contributed by atoms with E-state index in [0.29, 0.717) is 12.1 Å². The first-order valence-electron chi connectivity index (χ1n) is 7.05. The zero-order chi connectivity index (χ0) is 20.5. The Morgan fingerprint density at radius 1 is 0.926 bits per heavy atom. The number of ether oxygens (including phenoxy) is 2. The number of methoxy groups -OCH3 is 1. The number of carbonyl (C=O) groups excluding carboxylic acids is 1. The van der Waals surface area contributed by atoms with Gasteiger partial charge in [0.2, 0.25) is 5.88 Å². The smallest absolute Gasteiger partial charge is 0.460 e. The Balaban J connectivity index is 2.19. The molecule has 0 saturated carbocycles. The normalized spacial score (nSPS) is 12.6. The summed E-state index contributed by atoms with van der Waals surface area (Å²) < 4.78 is 99.4. The molecule has 2 rings (SSSR count). The van der Waals surface area contributed by atoms with Crippen molar-refractivity contribution in [3.63, 3.8) is 0 Å². The molecule has 0 fully saturated rings. The summed E-state index contributed by atoms with van der Waals surface area (Å²) in [6.45, 7) is 0. The van der Waals surface area contributed by atoms with E-state index in [9.17, 15) is 35.5 Å². The number of nitrogens with zero attached hydrogens (tertiary/aromatic N) is 1. The summed E-state index contributed by atoms with van der Waals surface area (Å²) in [6.07, 6.45) is -5.31. The van der Waals surface area contributed by atoms with Crippen molar-refractivity contribution in [1.29, 1.82) is 0 Å². The summed E-state index contributed by atoms with van der Waals surface area (Å²) >= 11 is 0. The lowest BCUT2D eigenvalue weighted by Crippen LogP contribution is -2.49. The van der Waals surface area contributed by atoms with Gasteiger partial charge >= 0.3 is 24.0 Å². The molecule has 2 aromatic rings. The van der Waals surface area contributed by atoms with E-state index in [0.717, 1.165) is 25.4 Å². The van der Waals surface area contributed by atoms with E-state index in [1.807, 2.05) is 0 Å². The van der Waals surface area contributed by atoms with E-state index in [2.05, 4.69) is 9.72 Å². The molecule has 4 nitrogen and oxygen atoms in total. The largest absolute Gasteiger partial charge is 0.465 e. The Morgan fingerprint density at radius 2 is 1.52 bits per heavy atom. The lowest BCUT2D eigenvalue weighted by molar-refractivity contribution is -0.359. The molecule has 1 aromatic carbocycles. The molecule has 0 radical (unpaired) electrons. The first-order chi connectivity index (χ1) is 12.4. The third-order valence-corrected chi connectivity index (χ3v) is 3.35. The molecule has 0 unspecified atom stereocenters. The highest BCUT2D eigenvalue weighted by molar-refractivity contribution is 5.88. The fourth-order valence-corrected chi connectivity index (χ4v) is 1.89. The van der Waals surface area contributed by atoms with Crippen molar-refractivity contribution in [1.82, 2.24) is 4.98 Å². The van der Waals surface area contributed by atoms with E-state index in [-0.39, 0.29) is 17.2 Å². The molecule has 1 heterocycles.